The van der Waals surface area contributed by atoms with Gasteiger partial charge >= 0.3 is 5.97 Å². The zero-order chi connectivity index (χ0) is 36.5. The number of guanidine groups is 1. The number of hydrogen-bond acceptors (Lipinski definition) is 7. The van der Waals surface area contributed by atoms with Crippen LogP contribution >= 0.6 is 0 Å². The van der Waals surface area contributed by atoms with Gasteiger partial charge in [-0.3, -0.25) is 4.99 Å². The molecule has 0 spiro atoms. The number of allylic oxidation sites excluding steroid dienone is 2. The highest BCUT2D eigenvalue weighted by atomic mass is 16.4. The van der Waals surface area contributed by atoms with E-state index in [1.807, 2.05) is 24.4 Å². The third-order valence-electron chi connectivity index (χ3n) is 11.4. The van der Waals surface area contributed by atoms with Crippen molar-refractivity contribution in [3.05, 3.63) is 94.5 Å². The molecule has 3 aromatic rings. The normalized spacial score (nSPS) is 23.6. The number of carbonyl (C=O) groups is 3. The number of carbonyl (C=O) groups excluding carboxylic acids is 2. The lowest BCUT2D eigenvalue weighted by Crippen LogP contribution is -2.47. The molecule has 2 aliphatic carbocycles. The average molecular weight is 707 g/mol. The maximum atomic E-state index is 12.3. The van der Waals surface area contributed by atoms with Crippen molar-refractivity contribution >= 4 is 41.1 Å². The summed E-state index contributed by atoms with van der Waals surface area (Å²) in [5, 5.41) is 30.0. The molecule has 1 aromatic heterocycles. The van der Waals surface area contributed by atoms with Gasteiger partial charge in [0.25, 0.3) is 0 Å². The molecule has 7 unspecified atom stereocenters. The summed E-state index contributed by atoms with van der Waals surface area (Å²) in [4.78, 5) is 42.8. The molecule has 3 aliphatic rings. The minimum Gasteiger partial charge on any atom is -0.478 e. The van der Waals surface area contributed by atoms with E-state index >= 15 is 0 Å². The van der Waals surface area contributed by atoms with Crippen molar-refractivity contribution in [3.63, 3.8) is 0 Å². The molecule has 2 heterocycles. The SMILES string of the molecule is NC1=NCCC(C(=CC(=O)O)C(CC2C3C=CC(CCCCCC(C=O)CCCO)C2c2cc4cc(CC=O)ccc4cc2C3)[N-]c2ccc[nH]2)N1. The Kier molecular flexibility index (Phi) is 12.6. The Labute approximate surface area is 306 Å². The number of carboxylic acid groups (broad SMARTS) is 1. The van der Waals surface area contributed by atoms with Gasteiger partial charge in [-0.05, 0) is 108 Å². The number of aliphatic hydroxyl groups is 1. The molecule has 2 aromatic carbocycles. The van der Waals surface area contributed by atoms with Crippen molar-refractivity contribution in [3.8, 4) is 0 Å². The third kappa shape index (κ3) is 9.02. The van der Waals surface area contributed by atoms with Gasteiger partial charge in [0.1, 0.15) is 12.6 Å². The molecule has 0 amide bonds. The van der Waals surface area contributed by atoms with E-state index < -0.39 is 12.0 Å². The van der Waals surface area contributed by atoms with Crippen LogP contribution < -0.4 is 11.1 Å². The summed E-state index contributed by atoms with van der Waals surface area (Å²) < 4.78 is 0. The van der Waals surface area contributed by atoms with Gasteiger partial charge < -0.3 is 41.2 Å². The lowest BCUT2D eigenvalue weighted by molar-refractivity contribution is -0.131. The average Bonchev–Trinajstić information content (AvgIpc) is 3.65. The Hall–Kier alpha value is -4.70. The predicted molar refractivity (Wildman–Crippen MR) is 205 cm³/mol. The molecule has 6 N–H and O–H groups in total. The molecule has 52 heavy (non-hydrogen) atoms. The van der Waals surface area contributed by atoms with Crippen LogP contribution in [0.1, 0.15) is 80.4 Å². The fourth-order valence-electron chi connectivity index (χ4n) is 8.91. The van der Waals surface area contributed by atoms with Crippen LogP contribution in [0.15, 0.2) is 77.5 Å². The van der Waals surface area contributed by atoms with Crippen molar-refractivity contribution in [1.29, 1.82) is 0 Å². The summed E-state index contributed by atoms with van der Waals surface area (Å²) in [6.45, 7) is 0.625. The van der Waals surface area contributed by atoms with Crippen LogP contribution in [0.4, 0.5) is 5.82 Å². The van der Waals surface area contributed by atoms with Crippen molar-refractivity contribution < 1.29 is 24.6 Å². The highest BCUT2D eigenvalue weighted by molar-refractivity contribution is 5.86. The van der Waals surface area contributed by atoms with Crippen molar-refractivity contribution in [2.45, 2.75) is 88.6 Å². The van der Waals surface area contributed by atoms with E-state index in [-0.39, 0.29) is 42.2 Å². The molecule has 0 fully saturated rings. The largest absolute Gasteiger partial charge is 0.478 e. The summed E-state index contributed by atoms with van der Waals surface area (Å²) >= 11 is 0. The van der Waals surface area contributed by atoms with E-state index in [0.29, 0.717) is 49.6 Å². The second-order valence-electron chi connectivity index (χ2n) is 14.8. The highest BCUT2D eigenvalue weighted by Gasteiger charge is 2.43. The molecule has 1 aliphatic heterocycles. The maximum absolute atomic E-state index is 12.3. The summed E-state index contributed by atoms with van der Waals surface area (Å²) in [7, 11) is 0. The van der Waals surface area contributed by atoms with Gasteiger partial charge in [0, 0.05) is 31.6 Å². The molecule has 2 bridgehead atoms. The van der Waals surface area contributed by atoms with Crippen molar-refractivity contribution in [1.82, 2.24) is 10.3 Å². The maximum Gasteiger partial charge on any atom is 0.328 e. The Morgan fingerprint density at radius 2 is 1.92 bits per heavy atom. The van der Waals surface area contributed by atoms with E-state index in [9.17, 15) is 24.6 Å². The number of hydrogen-bond donors (Lipinski definition) is 5. The van der Waals surface area contributed by atoms with Crippen LogP contribution in [-0.2, 0) is 27.2 Å². The number of unbranched alkanes of at least 4 members (excludes halogenated alkanes) is 2. The quantitative estimate of drug-likeness (QED) is 0.0402. The highest BCUT2D eigenvalue weighted by Crippen LogP contribution is 2.53. The van der Waals surface area contributed by atoms with Crippen LogP contribution in [0, 0.1) is 23.7 Å². The second kappa shape index (κ2) is 17.7. The van der Waals surface area contributed by atoms with Crippen LogP contribution in [0.25, 0.3) is 16.1 Å². The topological polar surface area (TPSA) is 172 Å². The molecular weight excluding hydrogens is 654 g/mol. The number of aromatic nitrogens is 1. The van der Waals surface area contributed by atoms with Crippen LogP contribution in [-0.4, -0.2) is 64.9 Å². The smallest absolute Gasteiger partial charge is 0.328 e. The van der Waals surface area contributed by atoms with Gasteiger partial charge in [0.05, 0.1) is 6.04 Å². The number of carboxylic acids is 1. The van der Waals surface area contributed by atoms with Crippen LogP contribution in [0.5, 0.6) is 0 Å². The van der Waals surface area contributed by atoms with E-state index in [4.69, 9.17) is 11.1 Å². The zero-order valence-corrected chi connectivity index (χ0v) is 29.8. The number of H-pyrrole nitrogens is 1. The summed E-state index contributed by atoms with van der Waals surface area (Å²) in [6.07, 6.45) is 18.8. The lowest BCUT2D eigenvalue weighted by Gasteiger charge is -2.48. The summed E-state index contributed by atoms with van der Waals surface area (Å²) in [5.74, 6) is 0.944. The van der Waals surface area contributed by atoms with Crippen molar-refractivity contribution in [2.75, 3.05) is 13.2 Å². The third-order valence-corrected chi connectivity index (χ3v) is 11.4. The first-order valence-electron chi connectivity index (χ1n) is 19.0. The number of aromatic amines is 1. The molecule has 0 radical (unpaired) electrons. The Bertz CT molecular complexity index is 1780. The first-order chi connectivity index (χ1) is 25.4. The predicted octanol–water partition coefficient (Wildman–Crippen LogP) is 6.66. The molecule has 0 saturated carbocycles. The molecule has 10 nitrogen and oxygen atoms in total. The summed E-state index contributed by atoms with van der Waals surface area (Å²) in [5.41, 5.74) is 10.5. The Balaban J connectivity index is 1.33. The number of aliphatic imine (C=N–C) groups is 1. The zero-order valence-electron chi connectivity index (χ0n) is 29.8. The molecule has 276 valence electrons. The molecular formula is C42H52N5O5-. The van der Waals surface area contributed by atoms with E-state index in [1.165, 1.54) is 22.6 Å². The van der Waals surface area contributed by atoms with Gasteiger partial charge in [0.2, 0.25) is 0 Å². The van der Waals surface area contributed by atoms with Crippen LogP contribution in [0.3, 0.4) is 0 Å². The van der Waals surface area contributed by atoms with E-state index in [0.717, 1.165) is 68.5 Å². The number of benzene rings is 2. The summed E-state index contributed by atoms with van der Waals surface area (Å²) in [6, 6.07) is 14.1. The first kappa shape index (κ1) is 37.1. The number of aliphatic carboxylic acids is 1. The molecule has 7 atom stereocenters. The fourth-order valence-corrected chi connectivity index (χ4v) is 8.91. The Morgan fingerprint density at radius 3 is 2.67 bits per heavy atom. The number of nitrogens with two attached hydrogens (primary N) is 1. The van der Waals surface area contributed by atoms with Crippen LogP contribution in [0.2, 0.25) is 0 Å². The second-order valence-corrected chi connectivity index (χ2v) is 14.8. The van der Waals surface area contributed by atoms with Gasteiger partial charge in [-0.25, -0.2) is 4.79 Å². The molecule has 6 rings (SSSR count). The number of aldehydes is 2. The first-order valence-corrected chi connectivity index (χ1v) is 19.0. The fraction of sp³-hybridized carbons (Fsp3) is 0.476. The Morgan fingerprint density at radius 1 is 1.06 bits per heavy atom. The standard InChI is InChI=1S/C42H52N5O5/c43-42-45-17-14-37(47-42)36(25-40(51)52)38(46-39-9-4-16-44-39)24-35-31-13-12-29(8-3-1-2-6-28(26-50)7-5-18-48)41(35)34-23-32-20-27(15-19-49)10-11-30(32)21-33(34)22-31/h4,9-13,16,19-21,23,25-26,28-29,31,35,37-38,41,44,48H,1-3,5-8,14-15,17-18,22,24H2,(H,51,52)(H3,43,45,47)/q-1. The van der Waals surface area contributed by atoms with Gasteiger partial charge in [-0.15, -0.1) is 0 Å². The lowest BCUT2D eigenvalue weighted by atomic mass is 9.58. The van der Waals surface area contributed by atoms with Gasteiger partial charge in [-0.1, -0.05) is 85.9 Å². The number of nitrogens with one attached hydrogen (secondary N) is 2. The van der Waals surface area contributed by atoms with E-state index in [2.05, 4.69) is 51.7 Å². The monoisotopic (exact) mass is 706 g/mol. The van der Waals surface area contributed by atoms with Gasteiger partial charge in [0.15, 0.2) is 5.96 Å². The minimum atomic E-state index is -1.01. The number of aliphatic hydroxyl groups excluding tert-OH is 1. The minimum absolute atomic E-state index is 0.00292. The number of rotatable bonds is 19. The number of fused-ring (bicyclic) bond motifs is 5. The molecule has 10 heteroatoms. The molecule has 0 saturated heterocycles. The van der Waals surface area contributed by atoms with E-state index in [1.54, 1.807) is 0 Å². The number of nitrogens with zero attached hydrogens (tertiary/aromatic N) is 2. The van der Waals surface area contributed by atoms with Crippen molar-refractivity contribution in [2.24, 2.45) is 34.4 Å². The van der Waals surface area contributed by atoms with Gasteiger partial charge in [-0.2, -0.15) is 0 Å².